The van der Waals surface area contributed by atoms with Crippen LogP contribution >= 0.6 is 23.2 Å². The number of carbonyl (C=O) groups is 1. The third-order valence-corrected chi connectivity index (χ3v) is 2.22. The van der Waals surface area contributed by atoms with Gasteiger partial charge in [0.05, 0.1) is 10.6 Å². The lowest BCUT2D eigenvalue weighted by Crippen LogP contribution is -1.89. The minimum atomic E-state index is 0.334. The Morgan fingerprint density at radius 3 is 2.73 bits per heavy atom. The van der Waals surface area contributed by atoms with Crippen LogP contribution in [0.2, 0.25) is 10.2 Å². The van der Waals surface area contributed by atoms with Crippen LogP contribution < -0.4 is 0 Å². The topological polar surface area (TPSA) is 30.0 Å². The number of nitrogens with zero attached hydrogens (tertiary/aromatic N) is 1. The molecule has 0 amide bonds. The molecule has 2 nitrogen and oxygen atoms in total. The maximum Gasteiger partial charge on any atom is 0.153 e. The summed E-state index contributed by atoms with van der Waals surface area (Å²) < 4.78 is 0. The minimum absolute atomic E-state index is 0.334. The first-order valence-electron chi connectivity index (χ1n) is 2.92. The van der Waals surface area contributed by atoms with Gasteiger partial charge in [0.1, 0.15) is 5.15 Å². The van der Waals surface area contributed by atoms with Gasteiger partial charge in [-0.3, -0.25) is 4.79 Å². The maximum atomic E-state index is 10.3. The Kier molecular flexibility index (Phi) is 2.47. The summed E-state index contributed by atoms with van der Waals surface area (Å²) in [7, 11) is 0. The molecule has 1 rings (SSSR count). The molecular weight excluding hydrogens is 185 g/mol. The number of aromatic nitrogens is 1. The van der Waals surface area contributed by atoms with Crippen molar-refractivity contribution in [2.75, 3.05) is 0 Å². The van der Waals surface area contributed by atoms with Gasteiger partial charge in [0.2, 0.25) is 0 Å². The van der Waals surface area contributed by atoms with E-state index < -0.39 is 0 Å². The van der Waals surface area contributed by atoms with Gasteiger partial charge in [0, 0.05) is 11.8 Å². The first-order chi connectivity index (χ1) is 5.16. The maximum absolute atomic E-state index is 10.3. The summed E-state index contributed by atoms with van der Waals surface area (Å²) in [5, 5.41) is 0.709. The summed E-state index contributed by atoms with van der Waals surface area (Å²) in [6.45, 7) is 1.71. The summed E-state index contributed by atoms with van der Waals surface area (Å²) in [6.07, 6.45) is 2.00. The molecule has 0 aromatic carbocycles. The van der Waals surface area contributed by atoms with Gasteiger partial charge in [-0.15, -0.1) is 0 Å². The van der Waals surface area contributed by atoms with Gasteiger partial charge in [-0.25, -0.2) is 4.98 Å². The van der Waals surface area contributed by atoms with Gasteiger partial charge < -0.3 is 0 Å². The standard InChI is InChI=1S/C7H5Cl2NO/c1-4-6(8)5(3-11)2-10-7(4)9/h2-3H,1H3. The fourth-order valence-corrected chi connectivity index (χ4v) is 1.04. The lowest BCUT2D eigenvalue weighted by atomic mass is 10.2. The number of rotatable bonds is 1. The van der Waals surface area contributed by atoms with Crippen LogP contribution in [0.25, 0.3) is 0 Å². The predicted octanol–water partition coefficient (Wildman–Crippen LogP) is 2.51. The molecule has 0 bridgehead atoms. The van der Waals surface area contributed by atoms with Crippen LogP contribution in [-0.4, -0.2) is 11.3 Å². The van der Waals surface area contributed by atoms with E-state index in [0.29, 0.717) is 27.6 Å². The van der Waals surface area contributed by atoms with Crippen LogP contribution in [0.1, 0.15) is 15.9 Å². The molecule has 0 N–H and O–H groups in total. The van der Waals surface area contributed by atoms with E-state index in [0.717, 1.165) is 0 Å². The smallest absolute Gasteiger partial charge is 0.153 e. The van der Waals surface area contributed by atoms with Crippen LogP contribution in [0.5, 0.6) is 0 Å². The average Bonchev–Trinajstić information content (AvgIpc) is 2.01. The molecule has 0 aliphatic rings. The van der Waals surface area contributed by atoms with Gasteiger partial charge in [-0.2, -0.15) is 0 Å². The first-order valence-corrected chi connectivity index (χ1v) is 3.68. The lowest BCUT2D eigenvalue weighted by molar-refractivity contribution is 0.112. The summed E-state index contributed by atoms with van der Waals surface area (Å²) in [6, 6.07) is 0. The second kappa shape index (κ2) is 3.20. The zero-order chi connectivity index (χ0) is 8.43. The summed E-state index contributed by atoms with van der Waals surface area (Å²) in [4.78, 5) is 14.1. The van der Waals surface area contributed by atoms with E-state index in [-0.39, 0.29) is 0 Å². The van der Waals surface area contributed by atoms with E-state index in [4.69, 9.17) is 23.2 Å². The van der Waals surface area contributed by atoms with Gasteiger partial charge in [-0.1, -0.05) is 23.2 Å². The highest BCUT2D eigenvalue weighted by Crippen LogP contribution is 2.23. The first kappa shape index (κ1) is 8.50. The zero-order valence-electron chi connectivity index (χ0n) is 5.77. The van der Waals surface area contributed by atoms with E-state index in [1.54, 1.807) is 6.92 Å². The van der Waals surface area contributed by atoms with Crippen molar-refractivity contribution >= 4 is 29.5 Å². The fourth-order valence-electron chi connectivity index (χ4n) is 0.669. The van der Waals surface area contributed by atoms with E-state index in [9.17, 15) is 4.79 Å². The Bertz CT molecular complexity index is 299. The Balaban J connectivity index is 3.36. The monoisotopic (exact) mass is 189 g/mol. The second-order valence-electron chi connectivity index (χ2n) is 2.06. The molecule has 0 aliphatic carbocycles. The number of hydrogen-bond donors (Lipinski definition) is 0. The quantitative estimate of drug-likeness (QED) is 0.503. The molecule has 58 valence electrons. The van der Waals surface area contributed by atoms with Crippen molar-refractivity contribution in [3.8, 4) is 0 Å². The Morgan fingerprint density at radius 1 is 1.55 bits per heavy atom. The summed E-state index contributed by atoms with van der Waals surface area (Å²) in [5.41, 5.74) is 1.01. The molecule has 0 fully saturated rings. The molecule has 0 saturated carbocycles. The summed E-state index contributed by atoms with van der Waals surface area (Å²) in [5.74, 6) is 0. The van der Waals surface area contributed by atoms with Crippen LogP contribution in [0, 0.1) is 6.92 Å². The van der Waals surface area contributed by atoms with Crippen LogP contribution in [-0.2, 0) is 0 Å². The fraction of sp³-hybridized carbons (Fsp3) is 0.143. The normalized spacial score (nSPS) is 9.73. The Morgan fingerprint density at radius 2 is 2.18 bits per heavy atom. The number of carbonyl (C=O) groups excluding carboxylic acids is 1. The highest BCUT2D eigenvalue weighted by atomic mass is 35.5. The zero-order valence-corrected chi connectivity index (χ0v) is 7.28. The van der Waals surface area contributed by atoms with Crippen molar-refractivity contribution in [1.29, 1.82) is 0 Å². The van der Waals surface area contributed by atoms with Crippen molar-refractivity contribution in [3.63, 3.8) is 0 Å². The van der Waals surface area contributed by atoms with Crippen molar-refractivity contribution in [2.45, 2.75) is 6.92 Å². The van der Waals surface area contributed by atoms with Crippen LogP contribution in [0.4, 0.5) is 0 Å². The van der Waals surface area contributed by atoms with E-state index in [1.165, 1.54) is 6.20 Å². The molecule has 0 saturated heterocycles. The van der Waals surface area contributed by atoms with Crippen LogP contribution in [0.3, 0.4) is 0 Å². The second-order valence-corrected chi connectivity index (χ2v) is 2.80. The Labute approximate surface area is 74.1 Å². The van der Waals surface area contributed by atoms with E-state index >= 15 is 0 Å². The van der Waals surface area contributed by atoms with Gasteiger partial charge in [0.15, 0.2) is 6.29 Å². The molecule has 1 heterocycles. The molecule has 0 spiro atoms. The molecule has 0 atom stereocenters. The third-order valence-electron chi connectivity index (χ3n) is 1.34. The van der Waals surface area contributed by atoms with Crippen molar-refractivity contribution in [1.82, 2.24) is 4.98 Å². The Hall–Kier alpha value is -0.600. The molecular formula is C7H5Cl2NO. The largest absolute Gasteiger partial charge is 0.298 e. The highest BCUT2D eigenvalue weighted by Gasteiger charge is 2.06. The average molecular weight is 190 g/mol. The van der Waals surface area contributed by atoms with Gasteiger partial charge in [0.25, 0.3) is 0 Å². The van der Waals surface area contributed by atoms with Crippen molar-refractivity contribution in [2.24, 2.45) is 0 Å². The van der Waals surface area contributed by atoms with E-state index in [2.05, 4.69) is 4.98 Å². The number of aldehydes is 1. The molecule has 0 unspecified atom stereocenters. The predicted molar refractivity (Wildman–Crippen MR) is 44.4 cm³/mol. The van der Waals surface area contributed by atoms with Crippen molar-refractivity contribution in [3.05, 3.63) is 27.5 Å². The molecule has 0 aliphatic heterocycles. The van der Waals surface area contributed by atoms with Gasteiger partial charge in [-0.05, 0) is 6.92 Å². The minimum Gasteiger partial charge on any atom is -0.298 e. The van der Waals surface area contributed by atoms with E-state index in [1.807, 2.05) is 0 Å². The number of hydrogen-bond acceptors (Lipinski definition) is 2. The molecule has 1 aromatic heterocycles. The third kappa shape index (κ3) is 1.52. The molecule has 0 radical (unpaired) electrons. The lowest BCUT2D eigenvalue weighted by Gasteiger charge is -2.00. The SMILES string of the molecule is Cc1c(Cl)ncc(C=O)c1Cl. The van der Waals surface area contributed by atoms with Crippen molar-refractivity contribution < 1.29 is 4.79 Å². The number of pyridine rings is 1. The molecule has 11 heavy (non-hydrogen) atoms. The molecule has 4 heteroatoms. The summed E-state index contributed by atoms with van der Waals surface area (Å²) >= 11 is 11.4. The van der Waals surface area contributed by atoms with Crippen LogP contribution in [0.15, 0.2) is 6.20 Å². The van der Waals surface area contributed by atoms with Gasteiger partial charge >= 0.3 is 0 Å². The highest BCUT2D eigenvalue weighted by molar-refractivity contribution is 6.36. The molecule has 1 aromatic rings. The number of halogens is 2.